The molecule has 0 spiro atoms. The third-order valence-electron chi connectivity index (χ3n) is 7.17. The number of rotatable bonds is 7. The molecule has 2 fully saturated rings. The zero-order chi connectivity index (χ0) is 22.2. The number of likely N-dealkylation sites (tertiary alicyclic amines) is 1. The average Bonchev–Trinajstić information content (AvgIpc) is 3.47. The van der Waals surface area contributed by atoms with Gasteiger partial charge in [0.25, 0.3) is 5.56 Å². The minimum Gasteiger partial charge on any atom is -0.396 e. The molecular formula is C25H30N4O3. The Morgan fingerprint density at radius 1 is 1.28 bits per heavy atom. The lowest BCUT2D eigenvalue weighted by atomic mass is 9.88. The number of amides is 1. The Hall–Kier alpha value is -2.77. The molecule has 32 heavy (non-hydrogen) atoms. The topological polar surface area (TPSA) is 87.5 Å². The van der Waals surface area contributed by atoms with Gasteiger partial charge in [0.05, 0.1) is 24.3 Å². The van der Waals surface area contributed by atoms with Crippen molar-refractivity contribution in [3.05, 3.63) is 69.9 Å². The summed E-state index contributed by atoms with van der Waals surface area (Å²) in [6.07, 6.45) is 7.77. The van der Waals surface area contributed by atoms with Crippen LogP contribution in [0.25, 0.3) is 6.08 Å². The number of aliphatic hydroxyl groups excluding tert-OH is 1. The second kappa shape index (κ2) is 8.64. The van der Waals surface area contributed by atoms with E-state index in [-0.39, 0.29) is 36.0 Å². The first-order valence-corrected chi connectivity index (χ1v) is 11.5. The Morgan fingerprint density at radius 2 is 2.12 bits per heavy atom. The predicted molar refractivity (Wildman–Crippen MR) is 122 cm³/mol. The second-order valence-corrected chi connectivity index (χ2v) is 9.21. The third kappa shape index (κ3) is 3.69. The van der Waals surface area contributed by atoms with Crippen LogP contribution in [0.15, 0.2) is 47.4 Å². The molecule has 1 amide bonds. The van der Waals surface area contributed by atoms with Crippen LogP contribution in [0.1, 0.15) is 42.8 Å². The molecule has 1 saturated heterocycles. The van der Waals surface area contributed by atoms with Gasteiger partial charge in [0.1, 0.15) is 0 Å². The summed E-state index contributed by atoms with van der Waals surface area (Å²) in [6.45, 7) is 3.56. The molecular weight excluding hydrogens is 404 g/mol. The number of allylic oxidation sites excluding steroid dienone is 1. The highest BCUT2D eigenvalue weighted by atomic mass is 16.3. The molecule has 4 heterocycles. The van der Waals surface area contributed by atoms with Crippen LogP contribution in [0, 0.1) is 17.8 Å². The number of carbonyl (C=O) groups is 1. The molecule has 0 radical (unpaired) electrons. The Morgan fingerprint density at radius 3 is 2.81 bits per heavy atom. The Kier molecular flexibility index (Phi) is 5.69. The second-order valence-electron chi connectivity index (χ2n) is 9.21. The lowest BCUT2D eigenvalue weighted by Crippen LogP contribution is -2.48. The van der Waals surface area contributed by atoms with Crippen molar-refractivity contribution in [3.63, 3.8) is 0 Å². The van der Waals surface area contributed by atoms with E-state index in [0.717, 1.165) is 17.9 Å². The number of aromatic nitrogens is 2. The Labute approximate surface area is 187 Å². The predicted octanol–water partition coefficient (Wildman–Crippen LogP) is 1.97. The van der Waals surface area contributed by atoms with Crippen molar-refractivity contribution in [2.45, 2.75) is 44.9 Å². The molecule has 0 bridgehead atoms. The van der Waals surface area contributed by atoms with Crippen LogP contribution < -0.4 is 10.9 Å². The molecule has 168 valence electrons. The Bertz CT molecular complexity index is 1080. The number of hydrogen-bond acceptors (Lipinski definition) is 5. The Balaban J connectivity index is 1.46. The molecule has 4 atom stereocenters. The first-order valence-electron chi connectivity index (χ1n) is 11.5. The molecule has 2 aliphatic heterocycles. The zero-order valence-corrected chi connectivity index (χ0v) is 18.4. The van der Waals surface area contributed by atoms with Crippen molar-refractivity contribution in [1.82, 2.24) is 19.8 Å². The SMILES string of the molecule is C/C=C\c1ccc2n(c1=O)C[C@H]1[C@H](CO)[C@@H](C(=O)NCc3ccccn3)N(CC3CC3)[C@@H]21. The molecule has 0 aromatic carbocycles. The fourth-order valence-corrected chi connectivity index (χ4v) is 5.52. The van der Waals surface area contributed by atoms with Gasteiger partial charge in [-0.15, -0.1) is 0 Å². The van der Waals surface area contributed by atoms with E-state index in [2.05, 4.69) is 15.2 Å². The summed E-state index contributed by atoms with van der Waals surface area (Å²) in [5.41, 5.74) is 2.46. The van der Waals surface area contributed by atoms with Crippen molar-refractivity contribution in [2.75, 3.05) is 13.2 Å². The fraction of sp³-hybridized carbons (Fsp3) is 0.480. The highest BCUT2D eigenvalue weighted by Gasteiger charge is 2.56. The normalized spacial score (nSPS) is 26.9. The minimum atomic E-state index is -0.404. The van der Waals surface area contributed by atoms with E-state index in [1.54, 1.807) is 6.20 Å². The van der Waals surface area contributed by atoms with Crippen molar-refractivity contribution >= 4 is 12.0 Å². The molecule has 2 aromatic heterocycles. The smallest absolute Gasteiger partial charge is 0.258 e. The maximum Gasteiger partial charge on any atom is 0.258 e. The molecule has 5 rings (SSSR count). The largest absolute Gasteiger partial charge is 0.396 e. The maximum atomic E-state index is 13.4. The molecule has 2 aromatic rings. The van der Waals surface area contributed by atoms with Crippen molar-refractivity contribution < 1.29 is 9.90 Å². The first-order chi connectivity index (χ1) is 15.6. The van der Waals surface area contributed by atoms with Gasteiger partial charge in [0, 0.05) is 49.0 Å². The first kappa shape index (κ1) is 21.1. The summed E-state index contributed by atoms with van der Waals surface area (Å²) in [5.74, 6) is 0.344. The summed E-state index contributed by atoms with van der Waals surface area (Å²) >= 11 is 0. The van der Waals surface area contributed by atoms with E-state index in [0.29, 0.717) is 24.6 Å². The van der Waals surface area contributed by atoms with Gasteiger partial charge < -0.3 is 15.0 Å². The number of nitrogens with zero attached hydrogens (tertiary/aromatic N) is 3. The minimum absolute atomic E-state index is 0.00853. The van der Waals surface area contributed by atoms with Crippen LogP contribution in [0.5, 0.6) is 0 Å². The average molecular weight is 435 g/mol. The van der Waals surface area contributed by atoms with Crippen LogP contribution >= 0.6 is 0 Å². The number of hydrogen-bond donors (Lipinski definition) is 2. The highest BCUT2D eigenvalue weighted by molar-refractivity contribution is 5.82. The summed E-state index contributed by atoms with van der Waals surface area (Å²) in [7, 11) is 0. The monoisotopic (exact) mass is 434 g/mol. The van der Waals surface area contributed by atoms with Crippen LogP contribution in [-0.2, 0) is 17.9 Å². The van der Waals surface area contributed by atoms with E-state index >= 15 is 0 Å². The van der Waals surface area contributed by atoms with Gasteiger partial charge in [-0.2, -0.15) is 0 Å². The van der Waals surface area contributed by atoms with Gasteiger partial charge in [0.2, 0.25) is 5.91 Å². The van der Waals surface area contributed by atoms with Gasteiger partial charge in [-0.3, -0.25) is 19.5 Å². The fourth-order valence-electron chi connectivity index (χ4n) is 5.52. The summed E-state index contributed by atoms with van der Waals surface area (Å²) in [5, 5.41) is 13.4. The summed E-state index contributed by atoms with van der Waals surface area (Å²) in [6, 6.07) is 9.13. The van der Waals surface area contributed by atoms with Crippen LogP contribution in [0.4, 0.5) is 0 Å². The molecule has 7 heteroatoms. The van der Waals surface area contributed by atoms with Gasteiger partial charge in [-0.25, -0.2) is 0 Å². The van der Waals surface area contributed by atoms with Gasteiger partial charge in [0.15, 0.2) is 0 Å². The molecule has 1 aliphatic carbocycles. The molecule has 7 nitrogen and oxygen atoms in total. The van der Waals surface area contributed by atoms with Crippen molar-refractivity contribution in [3.8, 4) is 0 Å². The van der Waals surface area contributed by atoms with E-state index in [1.807, 2.05) is 54.0 Å². The highest BCUT2D eigenvalue weighted by Crippen LogP contribution is 2.50. The van der Waals surface area contributed by atoms with Crippen LogP contribution in [0.2, 0.25) is 0 Å². The number of pyridine rings is 2. The van der Waals surface area contributed by atoms with E-state index in [9.17, 15) is 14.7 Å². The van der Waals surface area contributed by atoms with Crippen molar-refractivity contribution in [1.29, 1.82) is 0 Å². The lowest BCUT2D eigenvalue weighted by Gasteiger charge is -2.30. The maximum absolute atomic E-state index is 13.4. The molecule has 0 unspecified atom stereocenters. The van der Waals surface area contributed by atoms with Crippen LogP contribution in [0.3, 0.4) is 0 Å². The molecule has 2 N–H and O–H groups in total. The third-order valence-corrected chi connectivity index (χ3v) is 7.17. The van der Waals surface area contributed by atoms with E-state index in [4.69, 9.17) is 0 Å². The number of aliphatic hydroxyl groups is 1. The van der Waals surface area contributed by atoms with E-state index < -0.39 is 6.04 Å². The number of fused-ring (bicyclic) bond motifs is 3. The van der Waals surface area contributed by atoms with Gasteiger partial charge in [-0.05, 0) is 49.9 Å². The number of carbonyl (C=O) groups excluding carboxylic acids is 1. The zero-order valence-electron chi connectivity index (χ0n) is 18.4. The molecule has 3 aliphatic rings. The summed E-state index contributed by atoms with van der Waals surface area (Å²) < 4.78 is 1.86. The standard InChI is InChI=1S/C25H30N4O3/c1-2-5-17-9-10-21-22-19(14-28(21)25(17)32)20(15-30)23(29(22)13-16-7-8-16)24(31)27-12-18-6-3-4-11-26-18/h2-6,9-11,16,19-20,22-23,30H,7-8,12-15H2,1H3,(H,27,31)/b5-2-/t19-,20-,22+,23-/m0/s1. The summed E-state index contributed by atoms with van der Waals surface area (Å²) in [4.78, 5) is 33.0. The van der Waals surface area contributed by atoms with Crippen LogP contribution in [-0.4, -0.2) is 44.7 Å². The van der Waals surface area contributed by atoms with E-state index in [1.165, 1.54) is 12.8 Å². The quantitative estimate of drug-likeness (QED) is 0.696. The van der Waals surface area contributed by atoms with Crippen molar-refractivity contribution in [2.24, 2.45) is 17.8 Å². The number of nitrogens with one attached hydrogen (secondary N) is 1. The van der Waals surface area contributed by atoms with Gasteiger partial charge >= 0.3 is 0 Å². The molecule has 1 saturated carbocycles. The lowest BCUT2D eigenvalue weighted by molar-refractivity contribution is -0.128. The van der Waals surface area contributed by atoms with Gasteiger partial charge in [-0.1, -0.05) is 18.2 Å².